The predicted octanol–water partition coefficient (Wildman–Crippen LogP) is 2.53. The van der Waals surface area contributed by atoms with E-state index in [4.69, 9.17) is 0 Å². The molecule has 56 valence electrons. The molecule has 1 aromatic rings. The predicted molar refractivity (Wildman–Crippen MR) is 33.6 cm³/mol. The lowest BCUT2D eigenvalue weighted by molar-refractivity contribution is 0.495. The van der Waals surface area contributed by atoms with Crippen molar-refractivity contribution in [1.29, 1.82) is 0 Å². The van der Waals surface area contributed by atoms with Gasteiger partial charge in [0.25, 0.3) is 0 Å². The van der Waals surface area contributed by atoms with Crippen molar-refractivity contribution in [1.82, 2.24) is 0 Å². The summed E-state index contributed by atoms with van der Waals surface area (Å²) in [6.07, 6.45) is 0. The third-order valence-electron chi connectivity index (χ3n) is 0.882. The monoisotopic (exact) mass is 168 g/mol. The summed E-state index contributed by atoms with van der Waals surface area (Å²) in [7, 11) is 0. The maximum atomic E-state index is 12.0. The quantitative estimate of drug-likeness (QED) is 0.523. The molecule has 4 heteroatoms. The lowest BCUT2D eigenvalue weighted by atomic mass is 10.3. The Kier molecular flexibility index (Phi) is 3.22. The summed E-state index contributed by atoms with van der Waals surface area (Å²) in [4.78, 5) is 0. The van der Waals surface area contributed by atoms with Crippen molar-refractivity contribution in [3.8, 4) is 0 Å². The van der Waals surface area contributed by atoms with E-state index in [1.807, 2.05) is 0 Å². The van der Waals surface area contributed by atoms with Gasteiger partial charge in [0.1, 0.15) is 5.82 Å². The van der Waals surface area contributed by atoms with Crippen LogP contribution >= 0.6 is 12.4 Å². The number of hydrogen-bond donors (Lipinski definition) is 0. The van der Waals surface area contributed by atoms with Crippen molar-refractivity contribution in [2.45, 2.75) is 0 Å². The normalized spacial score (nSPS) is 8.70. The first kappa shape index (κ1) is 9.30. The van der Waals surface area contributed by atoms with E-state index in [9.17, 15) is 13.2 Å². The summed E-state index contributed by atoms with van der Waals surface area (Å²) < 4.78 is 35.9. The van der Waals surface area contributed by atoms with Crippen LogP contribution in [0.1, 0.15) is 0 Å². The average molecular weight is 169 g/mol. The van der Waals surface area contributed by atoms with E-state index in [0.29, 0.717) is 6.07 Å². The second-order valence-corrected chi connectivity index (χ2v) is 1.56. The Morgan fingerprint density at radius 3 is 1.90 bits per heavy atom. The number of rotatable bonds is 0. The van der Waals surface area contributed by atoms with Crippen LogP contribution in [0, 0.1) is 17.5 Å². The van der Waals surface area contributed by atoms with Gasteiger partial charge in [-0.2, -0.15) is 0 Å². The van der Waals surface area contributed by atoms with Gasteiger partial charge in [-0.15, -0.1) is 12.4 Å². The Labute approximate surface area is 62.1 Å². The summed E-state index contributed by atoms with van der Waals surface area (Å²) in [5.74, 6) is -2.96. The molecule has 0 N–H and O–H groups in total. The zero-order valence-corrected chi connectivity index (χ0v) is 5.59. The van der Waals surface area contributed by atoms with Crippen molar-refractivity contribution in [2.24, 2.45) is 0 Å². The molecule has 0 heterocycles. The van der Waals surface area contributed by atoms with E-state index in [0.717, 1.165) is 12.1 Å². The Balaban J connectivity index is 0.000000810. The number of benzene rings is 1. The third kappa shape index (κ3) is 1.92. The fourth-order valence-electron chi connectivity index (χ4n) is 0.470. The van der Waals surface area contributed by atoms with Gasteiger partial charge >= 0.3 is 0 Å². The van der Waals surface area contributed by atoms with Crippen LogP contribution in [0.2, 0.25) is 0 Å². The first-order valence-corrected chi connectivity index (χ1v) is 2.30. The largest absolute Gasteiger partial charge is 0.207 e. The van der Waals surface area contributed by atoms with Gasteiger partial charge in [0.05, 0.1) is 0 Å². The standard InChI is InChI=1S/C6H3F3.ClH/c7-4-1-2-5(8)6(9)3-4;/h1-3H;1H. The fraction of sp³-hybridized carbons (Fsp3) is 0. The highest BCUT2D eigenvalue weighted by Crippen LogP contribution is 2.05. The zero-order valence-electron chi connectivity index (χ0n) is 4.77. The molecule has 1 aromatic carbocycles. The molecular formula is C6H4ClF3. The molecule has 0 fully saturated rings. The molecule has 0 saturated carbocycles. The van der Waals surface area contributed by atoms with Crippen molar-refractivity contribution >= 4 is 12.4 Å². The van der Waals surface area contributed by atoms with E-state index < -0.39 is 17.5 Å². The van der Waals surface area contributed by atoms with Gasteiger partial charge in [-0.05, 0) is 12.1 Å². The summed E-state index contributed by atoms with van der Waals surface area (Å²) >= 11 is 0. The topological polar surface area (TPSA) is 0 Å². The molecular weight excluding hydrogens is 165 g/mol. The van der Waals surface area contributed by atoms with E-state index in [2.05, 4.69) is 0 Å². The molecule has 0 spiro atoms. The van der Waals surface area contributed by atoms with Crippen LogP contribution in [0.3, 0.4) is 0 Å². The minimum atomic E-state index is -1.16. The van der Waals surface area contributed by atoms with E-state index >= 15 is 0 Å². The first-order valence-electron chi connectivity index (χ1n) is 2.30. The van der Waals surface area contributed by atoms with Crippen LogP contribution < -0.4 is 0 Å². The Bertz CT molecular complexity index is 224. The lowest BCUT2D eigenvalue weighted by Crippen LogP contribution is -1.83. The molecule has 0 radical (unpaired) electrons. The lowest BCUT2D eigenvalue weighted by Gasteiger charge is -1.88. The van der Waals surface area contributed by atoms with Gasteiger partial charge in [-0.3, -0.25) is 0 Å². The number of halogens is 4. The fourth-order valence-corrected chi connectivity index (χ4v) is 0.470. The molecule has 0 aliphatic rings. The molecule has 0 aliphatic heterocycles. The van der Waals surface area contributed by atoms with E-state index in [1.165, 1.54) is 0 Å². The van der Waals surface area contributed by atoms with Crippen LogP contribution in [0.15, 0.2) is 18.2 Å². The summed E-state index contributed by atoms with van der Waals surface area (Å²) in [6, 6.07) is 2.10. The Morgan fingerprint density at radius 1 is 0.900 bits per heavy atom. The minimum Gasteiger partial charge on any atom is -0.207 e. The van der Waals surface area contributed by atoms with Crippen molar-refractivity contribution < 1.29 is 13.2 Å². The molecule has 0 saturated heterocycles. The molecule has 0 nitrogen and oxygen atoms in total. The van der Waals surface area contributed by atoms with Crippen LogP contribution in [-0.4, -0.2) is 0 Å². The maximum Gasteiger partial charge on any atom is 0.161 e. The molecule has 0 atom stereocenters. The Hall–Kier alpha value is -0.700. The maximum absolute atomic E-state index is 12.0. The van der Waals surface area contributed by atoms with Crippen molar-refractivity contribution in [3.05, 3.63) is 35.7 Å². The van der Waals surface area contributed by atoms with Crippen molar-refractivity contribution in [2.75, 3.05) is 0 Å². The smallest absolute Gasteiger partial charge is 0.161 e. The van der Waals surface area contributed by atoms with E-state index in [1.54, 1.807) is 0 Å². The van der Waals surface area contributed by atoms with Gasteiger partial charge in [-0.1, -0.05) is 0 Å². The van der Waals surface area contributed by atoms with Gasteiger partial charge in [0.2, 0.25) is 0 Å². The highest BCUT2D eigenvalue weighted by molar-refractivity contribution is 5.85. The minimum absolute atomic E-state index is 0. The zero-order chi connectivity index (χ0) is 6.85. The second kappa shape index (κ2) is 3.46. The number of hydrogen-bond acceptors (Lipinski definition) is 0. The SMILES string of the molecule is Cl.Fc1ccc(F)c(F)c1. The van der Waals surface area contributed by atoms with Crippen LogP contribution in [0.25, 0.3) is 0 Å². The molecule has 1 rings (SSSR count). The highest BCUT2D eigenvalue weighted by Gasteiger charge is 1.99. The highest BCUT2D eigenvalue weighted by atomic mass is 35.5. The van der Waals surface area contributed by atoms with Crippen LogP contribution in [0.4, 0.5) is 13.2 Å². The van der Waals surface area contributed by atoms with Gasteiger partial charge in [0.15, 0.2) is 11.6 Å². The van der Waals surface area contributed by atoms with Crippen molar-refractivity contribution in [3.63, 3.8) is 0 Å². The summed E-state index contributed by atoms with van der Waals surface area (Å²) in [6.45, 7) is 0. The first-order chi connectivity index (χ1) is 4.20. The van der Waals surface area contributed by atoms with Crippen LogP contribution in [-0.2, 0) is 0 Å². The second-order valence-electron chi connectivity index (χ2n) is 1.56. The summed E-state index contributed by atoms with van der Waals surface area (Å²) in [5, 5.41) is 0. The summed E-state index contributed by atoms with van der Waals surface area (Å²) in [5.41, 5.74) is 0. The van der Waals surface area contributed by atoms with Crippen LogP contribution in [0.5, 0.6) is 0 Å². The molecule has 0 bridgehead atoms. The van der Waals surface area contributed by atoms with Gasteiger partial charge < -0.3 is 0 Å². The molecule has 10 heavy (non-hydrogen) atoms. The third-order valence-corrected chi connectivity index (χ3v) is 0.882. The molecule has 0 aromatic heterocycles. The molecule has 0 unspecified atom stereocenters. The molecule has 0 aliphatic carbocycles. The molecule has 0 amide bonds. The van der Waals surface area contributed by atoms with Gasteiger partial charge in [-0.25, -0.2) is 13.2 Å². The Morgan fingerprint density at radius 2 is 1.50 bits per heavy atom. The van der Waals surface area contributed by atoms with Gasteiger partial charge in [0, 0.05) is 6.07 Å². The van der Waals surface area contributed by atoms with E-state index in [-0.39, 0.29) is 12.4 Å². The average Bonchev–Trinajstić information content (AvgIpc) is 1.80.